The molecule has 1 heterocycles. The molecule has 1 aliphatic carbocycles. The lowest BCUT2D eigenvalue weighted by atomic mass is 9.94. The van der Waals surface area contributed by atoms with Crippen LogP contribution in [0.5, 0.6) is 0 Å². The molecule has 1 saturated carbocycles. The van der Waals surface area contributed by atoms with Gasteiger partial charge in [0.05, 0.1) is 10.8 Å². The first-order valence-electron chi connectivity index (χ1n) is 5.60. The third-order valence-corrected chi connectivity index (χ3v) is 6.96. The summed E-state index contributed by atoms with van der Waals surface area (Å²) in [6, 6.07) is 1.89. The Hall–Kier alpha value is -0.100. The molecule has 1 aliphatic rings. The number of thiophene rings is 1. The monoisotopic (exact) mass is 293 g/mol. The van der Waals surface area contributed by atoms with Gasteiger partial charge >= 0.3 is 0 Å². The van der Waals surface area contributed by atoms with Crippen molar-refractivity contribution in [3.05, 3.63) is 15.8 Å². The Bertz CT molecular complexity index is 506. The molecule has 0 atom stereocenters. The number of hydrogen-bond donors (Lipinski definition) is 0. The number of halogens is 1. The van der Waals surface area contributed by atoms with E-state index in [9.17, 15) is 8.42 Å². The van der Waals surface area contributed by atoms with Crippen molar-refractivity contribution >= 4 is 33.0 Å². The second kappa shape index (κ2) is 4.88. The lowest BCUT2D eigenvalue weighted by Gasteiger charge is -2.33. The summed E-state index contributed by atoms with van der Waals surface area (Å²) in [6.45, 7) is 1.84. The van der Waals surface area contributed by atoms with Crippen LogP contribution >= 0.6 is 22.9 Å². The average Bonchev–Trinajstić information content (AvgIpc) is 2.57. The molecule has 0 aliphatic heterocycles. The first-order chi connectivity index (χ1) is 7.96. The minimum absolute atomic E-state index is 0.179. The van der Waals surface area contributed by atoms with E-state index in [1.54, 1.807) is 13.1 Å². The fraction of sp³-hybridized carbons (Fsp3) is 0.636. The highest BCUT2D eigenvalue weighted by Gasteiger charge is 2.33. The molecule has 0 aromatic carbocycles. The van der Waals surface area contributed by atoms with Crippen LogP contribution in [0, 0.1) is 6.92 Å². The highest BCUT2D eigenvalue weighted by molar-refractivity contribution is 7.89. The van der Waals surface area contributed by atoms with Crippen LogP contribution in [-0.2, 0) is 15.9 Å². The first kappa shape index (κ1) is 13.3. The van der Waals surface area contributed by atoms with Gasteiger partial charge in [-0.3, -0.25) is 0 Å². The fourth-order valence-electron chi connectivity index (χ4n) is 1.95. The van der Waals surface area contributed by atoms with Crippen molar-refractivity contribution in [1.82, 2.24) is 4.31 Å². The van der Waals surface area contributed by atoms with Crippen LogP contribution in [0.1, 0.15) is 29.0 Å². The summed E-state index contributed by atoms with van der Waals surface area (Å²) in [4.78, 5) is 2.16. The maximum absolute atomic E-state index is 12.4. The molecule has 0 amide bonds. The maximum atomic E-state index is 12.4. The van der Waals surface area contributed by atoms with E-state index in [4.69, 9.17) is 11.6 Å². The molecule has 6 heteroatoms. The van der Waals surface area contributed by atoms with Gasteiger partial charge in [-0.1, -0.05) is 6.42 Å². The third-order valence-electron chi connectivity index (χ3n) is 3.30. The Balaban J connectivity index is 2.33. The van der Waals surface area contributed by atoms with Gasteiger partial charge in [0, 0.05) is 22.8 Å². The molecule has 1 aromatic rings. The normalized spacial score (nSPS) is 17.4. The predicted octanol–water partition coefficient (Wildman–Crippen LogP) is 2.97. The molecule has 0 radical (unpaired) electrons. The average molecular weight is 294 g/mol. The Morgan fingerprint density at radius 1 is 1.53 bits per heavy atom. The lowest BCUT2D eigenvalue weighted by Crippen LogP contribution is -2.41. The van der Waals surface area contributed by atoms with Gasteiger partial charge in [0.1, 0.15) is 0 Å². The minimum Gasteiger partial charge on any atom is -0.207 e. The Morgan fingerprint density at radius 2 is 2.18 bits per heavy atom. The highest BCUT2D eigenvalue weighted by Crippen LogP contribution is 2.33. The second-order valence-corrected chi connectivity index (χ2v) is 7.95. The zero-order chi connectivity index (χ0) is 12.6. The van der Waals surface area contributed by atoms with Gasteiger partial charge in [0.2, 0.25) is 10.0 Å². The summed E-state index contributed by atoms with van der Waals surface area (Å²) in [5.41, 5.74) is 0. The predicted molar refractivity (Wildman–Crippen MR) is 71.2 cm³/mol. The Morgan fingerprint density at radius 3 is 2.59 bits per heavy atom. The Kier molecular flexibility index (Phi) is 3.83. The van der Waals surface area contributed by atoms with E-state index in [1.807, 2.05) is 6.92 Å². The van der Waals surface area contributed by atoms with E-state index in [0.29, 0.717) is 10.8 Å². The molecule has 0 unspecified atom stereocenters. The van der Waals surface area contributed by atoms with Gasteiger partial charge < -0.3 is 0 Å². The molecule has 3 nitrogen and oxygen atoms in total. The standard InChI is InChI=1S/C11H16ClNO2S2/c1-8-11(6-10(7-12)16-8)17(14,15)13(2)9-4-3-5-9/h6,9H,3-5,7H2,1-2H3. The highest BCUT2D eigenvalue weighted by atomic mass is 35.5. The SMILES string of the molecule is Cc1sc(CCl)cc1S(=O)(=O)N(C)C1CCC1. The molecule has 1 fully saturated rings. The van der Waals surface area contributed by atoms with Crippen LogP contribution in [-0.4, -0.2) is 25.8 Å². The molecule has 0 N–H and O–H groups in total. The Labute approximate surface area is 111 Å². The molecule has 17 heavy (non-hydrogen) atoms. The van der Waals surface area contributed by atoms with Gasteiger partial charge in [0.15, 0.2) is 0 Å². The summed E-state index contributed by atoms with van der Waals surface area (Å²) in [6.07, 6.45) is 3.07. The van der Waals surface area contributed by atoms with Gasteiger partial charge in [-0.25, -0.2) is 8.42 Å². The van der Waals surface area contributed by atoms with Crippen LogP contribution in [0.15, 0.2) is 11.0 Å². The summed E-state index contributed by atoms with van der Waals surface area (Å²) in [5, 5.41) is 0. The molecule has 96 valence electrons. The van der Waals surface area contributed by atoms with Crippen LogP contribution in [0.2, 0.25) is 0 Å². The molecular formula is C11H16ClNO2S2. The number of sulfonamides is 1. The number of alkyl halides is 1. The minimum atomic E-state index is -3.33. The van der Waals surface area contributed by atoms with E-state index in [2.05, 4.69) is 0 Å². The van der Waals surface area contributed by atoms with Crippen LogP contribution in [0.4, 0.5) is 0 Å². The third kappa shape index (κ3) is 2.38. The summed E-state index contributed by atoms with van der Waals surface area (Å²) in [5.74, 6) is 0.369. The van der Waals surface area contributed by atoms with Crippen molar-refractivity contribution in [1.29, 1.82) is 0 Å². The number of hydrogen-bond acceptors (Lipinski definition) is 3. The van der Waals surface area contributed by atoms with Crippen molar-refractivity contribution in [3.8, 4) is 0 Å². The van der Waals surface area contributed by atoms with E-state index in [1.165, 1.54) is 15.6 Å². The van der Waals surface area contributed by atoms with Crippen molar-refractivity contribution in [2.24, 2.45) is 0 Å². The second-order valence-electron chi connectivity index (χ2n) is 4.37. The van der Waals surface area contributed by atoms with Crippen molar-refractivity contribution < 1.29 is 8.42 Å². The first-order valence-corrected chi connectivity index (χ1v) is 8.39. The van der Waals surface area contributed by atoms with E-state index in [0.717, 1.165) is 29.0 Å². The van der Waals surface area contributed by atoms with Crippen LogP contribution in [0.25, 0.3) is 0 Å². The van der Waals surface area contributed by atoms with Crippen LogP contribution < -0.4 is 0 Å². The number of rotatable bonds is 4. The molecule has 0 saturated heterocycles. The summed E-state index contributed by atoms with van der Waals surface area (Å²) < 4.78 is 26.3. The number of nitrogens with zero attached hydrogens (tertiary/aromatic N) is 1. The summed E-state index contributed by atoms with van der Waals surface area (Å²) >= 11 is 7.20. The van der Waals surface area contributed by atoms with Crippen LogP contribution in [0.3, 0.4) is 0 Å². The molecule has 0 bridgehead atoms. The zero-order valence-electron chi connectivity index (χ0n) is 9.94. The summed E-state index contributed by atoms with van der Waals surface area (Å²) in [7, 11) is -1.66. The van der Waals surface area contributed by atoms with Gasteiger partial charge in [-0.2, -0.15) is 4.31 Å². The smallest absolute Gasteiger partial charge is 0.207 e. The topological polar surface area (TPSA) is 37.4 Å². The van der Waals surface area contributed by atoms with Crippen molar-refractivity contribution in [2.75, 3.05) is 7.05 Å². The van der Waals surface area contributed by atoms with Crippen molar-refractivity contribution in [2.45, 2.75) is 43.0 Å². The van der Waals surface area contributed by atoms with E-state index < -0.39 is 10.0 Å². The molecule has 1 aromatic heterocycles. The molecule has 2 rings (SSSR count). The number of aryl methyl sites for hydroxylation is 1. The zero-order valence-corrected chi connectivity index (χ0v) is 12.3. The molecular weight excluding hydrogens is 278 g/mol. The lowest BCUT2D eigenvalue weighted by molar-refractivity contribution is 0.249. The van der Waals surface area contributed by atoms with Crippen molar-refractivity contribution in [3.63, 3.8) is 0 Å². The fourth-order valence-corrected chi connectivity index (χ4v) is 5.06. The van der Waals surface area contributed by atoms with Gasteiger partial charge in [-0.15, -0.1) is 22.9 Å². The van der Waals surface area contributed by atoms with E-state index >= 15 is 0 Å². The maximum Gasteiger partial charge on any atom is 0.244 e. The quantitative estimate of drug-likeness (QED) is 0.801. The van der Waals surface area contributed by atoms with Gasteiger partial charge in [-0.05, 0) is 25.8 Å². The molecule has 0 spiro atoms. The largest absolute Gasteiger partial charge is 0.244 e. The van der Waals surface area contributed by atoms with E-state index in [-0.39, 0.29) is 6.04 Å². The van der Waals surface area contributed by atoms with Gasteiger partial charge in [0.25, 0.3) is 0 Å².